The van der Waals surface area contributed by atoms with Crippen molar-refractivity contribution in [2.45, 2.75) is 79.4 Å². The van der Waals surface area contributed by atoms with Gasteiger partial charge in [-0.3, -0.25) is 9.59 Å². The largest absolute Gasteiger partial charge is 0.493 e. The molecule has 0 fully saturated rings. The summed E-state index contributed by atoms with van der Waals surface area (Å²) in [4.78, 5) is 24.6. The van der Waals surface area contributed by atoms with E-state index in [9.17, 15) is 14.7 Å². The highest BCUT2D eigenvalue weighted by atomic mass is 16.5. The Labute approximate surface area is 239 Å². The van der Waals surface area contributed by atoms with Gasteiger partial charge in [-0.05, 0) is 68.5 Å². The van der Waals surface area contributed by atoms with Crippen LogP contribution in [0.2, 0.25) is 0 Å². The number of methoxy groups -OCH3 is 2. The second kappa shape index (κ2) is 16.7. The summed E-state index contributed by atoms with van der Waals surface area (Å²) < 4.78 is 42.1. The van der Waals surface area contributed by atoms with Gasteiger partial charge in [-0.2, -0.15) is 0 Å². The van der Waals surface area contributed by atoms with Crippen LogP contribution in [0.5, 0.6) is 11.5 Å². The molecule has 9 nitrogen and oxygen atoms in total. The maximum atomic E-state index is 13.0. The smallest absolute Gasteiger partial charge is 0.224 e. The molecule has 0 aliphatic carbocycles. The minimum absolute atomic E-state index is 0.000430. The van der Waals surface area contributed by atoms with Crippen LogP contribution in [0.1, 0.15) is 70.5 Å². The fourth-order valence-corrected chi connectivity index (χ4v) is 4.14. The fraction of sp³-hybridized carbons (Fsp3) is 0.733. The Bertz CT molecular complexity index is 1040. The Balaban J connectivity index is 3.11. The molecule has 1 aromatic rings. The zero-order chi connectivity index (χ0) is 32.4. The molecule has 9 heteroatoms. The summed E-state index contributed by atoms with van der Waals surface area (Å²) >= 11 is 0. The van der Waals surface area contributed by atoms with Crippen LogP contribution in [0, 0.1) is 29.1 Å². The molecule has 0 heterocycles. The summed E-state index contributed by atoms with van der Waals surface area (Å²) in [7, 11) is 2.97. The Kier molecular flexibility index (Phi) is 12.7. The number of carbonyl (C=O) groups excluding carboxylic acids is 2. The van der Waals surface area contributed by atoms with Gasteiger partial charge in [0.2, 0.25) is 11.8 Å². The van der Waals surface area contributed by atoms with Gasteiger partial charge in [0.1, 0.15) is 0 Å². The normalized spacial score (nSPS) is 16.2. The highest BCUT2D eigenvalue weighted by Crippen LogP contribution is 2.32. The first-order valence-corrected chi connectivity index (χ1v) is 13.8. The Morgan fingerprint density at radius 3 is 2.28 bits per heavy atom. The lowest BCUT2D eigenvalue weighted by molar-refractivity contribution is -0.130. The van der Waals surface area contributed by atoms with Crippen LogP contribution in [0.4, 0.5) is 0 Å². The molecule has 1 aromatic carbocycles. The maximum Gasteiger partial charge on any atom is 0.224 e. The van der Waals surface area contributed by atoms with Gasteiger partial charge in [0.05, 0.1) is 29.3 Å². The summed E-state index contributed by atoms with van der Waals surface area (Å²) in [6.07, 6.45) is 0.406. The maximum absolute atomic E-state index is 13.0. The van der Waals surface area contributed by atoms with Crippen LogP contribution in [0.25, 0.3) is 0 Å². The first-order valence-electron chi connectivity index (χ1n) is 15.3. The minimum Gasteiger partial charge on any atom is -0.493 e. The van der Waals surface area contributed by atoms with E-state index in [1.807, 2.05) is 27.7 Å². The van der Waals surface area contributed by atoms with Crippen molar-refractivity contribution in [3.8, 4) is 11.5 Å². The van der Waals surface area contributed by atoms with Crippen LogP contribution in [0.3, 0.4) is 0 Å². The number of aliphatic hydroxyl groups excluding tert-OH is 1. The van der Waals surface area contributed by atoms with Crippen molar-refractivity contribution < 1.29 is 33.0 Å². The lowest BCUT2D eigenvalue weighted by atomic mass is 9.80. The number of nitrogens with one attached hydrogen (secondary N) is 1. The molecular weight excluding hydrogens is 498 g/mol. The Morgan fingerprint density at radius 2 is 1.74 bits per heavy atom. The van der Waals surface area contributed by atoms with E-state index in [-0.39, 0.29) is 79.3 Å². The fourth-order valence-electron chi connectivity index (χ4n) is 4.14. The van der Waals surface area contributed by atoms with Crippen molar-refractivity contribution in [2.24, 2.45) is 40.6 Å². The van der Waals surface area contributed by atoms with E-state index in [0.29, 0.717) is 25.0 Å². The van der Waals surface area contributed by atoms with Crippen molar-refractivity contribution in [3.05, 3.63) is 23.7 Å². The van der Waals surface area contributed by atoms with Gasteiger partial charge >= 0.3 is 0 Å². The second-order valence-electron chi connectivity index (χ2n) is 11.6. The van der Waals surface area contributed by atoms with Crippen LogP contribution in [-0.4, -0.2) is 63.0 Å². The van der Waals surface area contributed by atoms with Crippen molar-refractivity contribution in [3.63, 3.8) is 0 Å². The Hall–Kier alpha value is -2.36. The predicted octanol–water partition coefficient (Wildman–Crippen LogP) is 3.29. The molecule has 2 amide bonds. The summed E-state index contributed by atoms with van der Waals surface area (Å²) in [6.45, 7) is 11.9. The van der Waals surface area contributed by atoms with E-state index in [1.54, 1.807) is 21.0 Å². The molecule has 39 heavy (non-hydrogen) atoms. The van der Waals surface area contributed by atoms with E-state index < -0.39 is 29.4 Å². The molecule has 6 N–H and O–H groups in total. The number of aliphatic hydroxyl groups is 1. The molecule has 0 bridgehead atoms. The van der Waals surface area contributed by atoms with Crippen LogP contribution in [-0.2, 0) is 20.7 Å². The number of primary amides is 1. The third kappa shape index (κ3) is 11.7. The van der Waals surface area contributed by atoms with E-state index in [0.717, 1.165) is 0 Å². The number of benzene rings is 1. The number of nitrogens with two attached hydrogens (primary N) is 2. The second-order valence-corrected chi connectivity index (χ2v) is 11.6. The van der Waals surface area contributed by atoms with Crippen molar-refractivity contribution in [2.75, 3.05) is 34.0 Å². The molecule has 224 valence electrons. The summed E-state index contributed by atoms with van der Waals surface area (Å²) in [6, 6.07) is -0.922. The van der Waals surface area contributed by atoms with Gasteiger partial charge < -0.3 is 36.1 Å². The zero-order valence-corrected chi connectivity index (χ0v) is 25.1. The van der Waals surface area contributed by atoms with E-state index in [1.165, 1.54) is 7.11 Å². The number of carbonyl (C=O) groups is 2. The number of rotatable bonds is 19. The third-order valence-electron chi connectivity index (χ3n) is 7.23. The lowest BCUT2D eigenvalue weighted by Gasteiger charge is -2.30. The van der Waals surface area contributed by atoms with Gasteiger partial charge in [-0.1, -0.05) is 33.7 Å². The number of hydrogen-bond donors (Lipinski definition) is 4. The third-order valence-corrected chi connectivity index (χ3v) is 7.23. The first kappa shape index (κ1) is 29.6. The van der Waals surface area contributed by atoms with Gasteiger partial charge in [-0.15, -0.1) is 0 Å². The lowest BCUT2D eigenvalue weighted by Crippen LogP contribution is -2.46. The van der Waals surface area contributed by atoms with Crippen LogP contribution < -0.4 is 26.3 Å². The molecule has 0 aromatic heterocycles. The molecule has 0 spiro atoms. The summed E-state index contributed by atoms with van der Waals surface area (Å²) in [5, 5.41) is 13.9. The van der Waals surface area contributed by atoms with Gasteiger partial charge in [0.25, 0.3) is 0 Å². The highest BCUT2D eigenvalue weighted by Gasteiger charge is 2.32. The number of amides is 2. The molecule has 0 saturated heterocycles. The molecule has 0 radical (unpaired) electrons. The van der Waals surface area contributed by atoms with Gasteiger partial charge in [-0.25, -0.2) is 0 Å². The van der Waals surface area contributed by atoms with Crippen molar-refractivity contribution >= 4 is 11.8 Å². The molecule has 0 saturated carbocycles. The number of hydrogen-bond acceptors (Lipinski definition) is 7. The molecule has 0 unspecified atom stereocenters. The van der Waals surface area contributed by atoms with Crippen LogP contribution >= 0.6 is 0 Å². The SMILES string of the molecule is [2H]c1c([2H])c(OC)c(OCCCOC)c([2H])c1C[C@@H](C[C@H](N)[C@@H](O)C[C@H](C(=O)NCC(C)(C)C(N)=O)C(C)C)C(C)C. The average Bonchev–Trinajstić information content (AvgIpc) is 2.91. The minimum atomic E-state index is -0.984. The summed E-state index contributed by atoms with van der Waals surface area (Å²) in [5.41, 5.74) is 11.4. The van der Waals surface area contributed by atoms with Crippen molar-refractivity contribution in [1.82, 2.24) is 5.32 Å². The van der Waals surface area contributed by atoms with Gasteiger partial charge in [0, 0.05) is 38.6 Å². The van der Waals surface area contributed by atoms with Crippen molar-refractivity contribution in [1.29, 1.82) is 0 Å². The first-order chi connectivity index (χ1) is 19.5. The molecule has 0 aliphatic heterocycles. The van der Waals surface area contributed by atoms with Gasteiger partial charge in [0.15, 0.2) is 11.5 Å². The van der Waals surface area contributed by atoms with E-state index in [4.69, 9.17) is 29.8 Å². The summed E-state index contributed by atoms with van der Waals surface area (Å²) in [5.74, 6) is -1.27. The van der Waals surface area contributed by atoms with E-state index >= 15 is 0 Å². The molecule has 4 atom stereocenters. The van der Waals surface area contributed by atoms with Crippen LogP contribution in [0.15, 0.2) is 18.1 Å². The number of ether oxygens (including phenoxy) is 3. The van der Waals surface area contributed by atoms with E-state index in [2.05, 4.69) is 5.32 Å². The monoisotopic (exact) mass is 554 g/mol. The standard InChI is InChI=1S/C30H53N3O6/c1-19(2)22(14-21-10-11-26(38-8)27(15-21)39-13-9-12-37-7)16-24(31)25(34)17-23(20(3)4)28(35)33-18-30(5,6)29(32)36/h10-11,15,19-20,22-25,34H,9,12-14,16-18,31H2,1-8H3,(H2,32,36)(H,33,35)/t22-,23-,24-,25-/m0/s1/i10D,11D,15D. The quantitative estimate of drug-likeness (QED) is 0.192. The average molecular weight is 555 g/mol. The Morgan fingerprint density at radius 1 is 1.08 bits per heavy atom. The zero-order valence-electron chi connectivity index (χ0n) is 28.1. The molecule has 0 aliphatic rings. The molecule has 1 rings (SSSR count). The predicted molar refractivity (Wildman–Crippen MR) is 155 cm³/mol. The highest BCUT2D eigenvalue weighted by molar-refractivity contribution is 5.83. The topological polar surface area (TPSA) is 146 Å². The molecular formula is C30H53N3O6.